The summed E-state index contributed by atoms with van der Waals surface area (Å²) in [6, 6.07) is 8.34. The molecule has 1 aromatic rings. The van der Waals surface area contributed by atoms with Gasteiger partial charge in [-0.25, -0.2) is 0 Å². The van der Waals surface area contributed by atoms with Gasteiger partial charge in [0, 0.05) is 19.5 Å². The number of rotatable bonds is 20. The fourth-order valence-electron chi connectivity index (χ4n) is 2.65. The third-order valence-electron chi connectivity index (χ3n) is 4.35. The average molecular weight is 498 g/mol. The Labute approximate surface area is 209 Å². The fraction of sp³-hybridized carbons (Fsp3) is 0.640. The van der Waals surface area contributed by atoms with Crippen LogP contribution in [0.25, 0.3) is 0 Å². The van der Waals surface area contributed by atoms with Crippen LogP contribution in [0.15, 0.2) is 24.3 Å². The molecule has 0 atom stereocenters. The first-order chi connectivity index (χ1) is 17.0. The topological polar surface area (TPSA) is 138 Å². The van der Waals surface area contributed by atoms with Gasteiger partial charge in [-0.15, -0.1) is 0 Å². The van der Waals surface area contributed by atoms with Crippen LogP contribution in [0.3, 0.4) is 0 Å². The number of carbonyl (C=O) groups is 3. The standard InChI is InChI=1S/C23H37N3O7.C2H6/c1-19-5-7-20(8-6-19)3-2-4-22(28)25-9-11-30-14-16-33-18-23(29)26-10-12-31-13-15-32-17-21(24)27;1-2/h5-8H,2-4,9-18H2,1H3,(H2,24,27)(H,25,28)(H,26,29);1-2H3. The maximum absolute atomic E-state index is 11.8. The van der Waals surface area contributed by atoms with Crippen LogP contribution in [0.4, 0.5) is 0 Å². The van der Waals surface area contributed by atoms with E-state index in [9.17, 15) is 14.4 Å². The molecule has 0 radical (unpaired) electrons. The summed E-state index contributed by atoms with van der Waals surface area (Å²) < 4.78 is 20.8. The third-order valence-corrected chi connectivity index (χ3v) is 4.35. The maximum atomic E-state index is 11.8. The smallest absolute Gasteiger partial charge is 0.246 e. The molecule has 4 N–H and O–H groups in total. The third kappa shape index (κ3) is 21.7. The number of nitrogens with two attached hydrogens (primary N) is 1. The van der Waals surface area contributed by atoms with Crippen molar-refractivity contribution in [2.75, 3.05) is 65.9 Å². The van der Waals surface area contributed by atoms with Gasteiger partial charge in [0.2, 0.25) is 17.7 Å². The molecule has 0 saturated heterocycles. The molecule has 10 nitrogen and oxygen atoms in total. The summed E-state index contributed by atoms with van der Waals surface area (Å²) in [4.78, 5) is 33.9. The molecule has 0 saturated carbocycles. The second kappa shape index (κ2) is 23.2. The van der Waals surface area contributed by atoms with Crippen molar-refractivity contribution in [3.63, 3.8) is 0 Å². The van der Waals surface area contributed by atoms with Crippen molar-refractivity contribution in [3.05, 3.63) is 35.4 Å². The number of carbonyl (C=O) groups excluding carboxylic acids is 3. The minimum atomic E-state index is -0.528. The van der Waals surface area contributed by atoms with Gasteiger partial charge >= 0.3 is 0 Å². The number of ether oxygens (including phenoxy) is 4. The molecular weight excluding hydrogens is 454 g/mol. The second-order valence-electron chi connectivity index (χ2n) is 7.34. The van der Waals surface area contributed by atoms with Crippen LogP contribution in [-0.2, 0) is 39.8 Å². The van der Waals surface area contributed by atoms with Crippen LogP contribution < -0.4 is 16.4 Å². The van der Waals surface area contributed by atoms with E-state index < -0.39 is 5.91 Å². The van der Waals surface area contributed by atoms with Crippen molar-refractivity contribution in [1.29, 1.82) is 0 Å². The van der Waals surface area contributed by atoms with Crippen molar-refractivity contribution in [2.45, 2.75) is 40.0 Å². The number of benzene rings is 1. The molecule has 10 heteroatoms. The van der Waals surface area contributed by atoms with E-state index in [0.29, 0.717) is 45.9 Å². The predicted octanol–water partition coefficient (Wildman–Crippen LogP) is 1.13. The molecule has 0 aromatic heterocycles. The van der Waals surface area contributed by atoms with E-state index in [2.05, 4.69) is 41.8 Å². The van der Waals surface area contributed by atoms with Gasteiger partial charge in [0.25, 0.3) is 0 Å². The molecule has 0 aliphatic rings. The van der Waals surface area contributed by atoms with Gasteiger partial charge in [0.1, 0.15) is 13.2 Å². The summed E-state index contributed by atoms with van der Waals surface area (Å²) in [5, 5.41) is 5.48. The Kier molecular flexibility index (Phi) is 21.5. The molecule has 0 fully saturated rings. The lowest BCUT2D eigenvalue weighted by molar-refractivity contribution is -0.127. The predicted molar refractivity (Wildman–Crippen MR) is 134 cm³/mol. The number of nitrogens with one attached hydrogen (secondary N) is 2. The zero-order valence-electron chi connectivity index (χ0n) is 21.4. The van der Waals surface area contributed by atoms with E-state index in [-0.39, 0.29) is 38.2 Å². The molecule has 0 bridgehead atoms. The highest BCUT2D eigenvalue weighted by atomic mass is 16.5. The Morgan fingerprint density at radius 2 is 1.26 bits per heavy atom. The lowest BCUT2D eigenvalue weighted by atomic mass is 10.1. The summed E-state index contributed by atoms with van der Waals surface area (Å²) in [6.07, 6.45) is 2.18. The van der Waals surface area contributed by atoms with E-state index in [1.807, 2.05) is 13.8 Å². The normalized spacial score (nSPS) is 10.3. The van der Waals surface area contributed by atoms with E-state index >= 15 is 0 Å². The highest BCUT2D eigenvalue weighted by Crippen LogP contribution is 2.07. The van der Waals surface area contributed by atoms with E-state index in [0.717, 1.165) is 12.8 Å². The molecule has 0 heterocycles. The van der Waals surface area contributed by atoms with Gasteiger partial charge < -0.3 is 35.3 Å². The first kappa shape index (κ1) is 32.5. The Morgan fingerprint density at radius 1 is 0.743 bits per heavy atom. The van der Waals surface area contributed by atoms with Gasteiger partial charge in [-0.1, -0.05) is 43.7 Å². The molecule has 1 aromatic carbocycles. The molecule has 200 valence electrons. The SMILES string of the molecule is CC.Cc1ccc(CCCC(=O)NCCOCCOCC(=O)NCCOCCOCC(N)=O)cc1. The summed E-state index contributed by atoms with van der Waals surface area (Å²) in [6.45, 7) is 8.55. The zero-order valence-corrected chi connectivity index (χ0v) is 21.4. The highest BCUT2D eigenvalue weighted by molar-refractivity contribution is 5.77. The van der Waals surface area contributed by atoms with E-state index in [1.165, 1.54) is 11.1 Å². The fourth-order valence-corrected chi connectivity index (χ4v) is 2.65. The summed E-state index contributed by atoms with van der Waals surface area (Å²) in [7, 11) is 0. The first-order valence-electron chi connectivity index (χ1n) is 12.2. The summed E-state index contributed by atoms with van der Waals surface area (Å²) in [5.41, 5.74) is 7.39. The molecular formula is C25H43N3O7. The van der Waals surface area contributed by atoms with Crippen LogP contribution in [0.2, 0.25) is 0 Å². The quantitative estimate of drug-likeness (QED) is 0.230. The zero-order chi connectivity index (χ0) is 26.2. The van der Waals surface area contributed by atoms with Gasteiger partial charge in [0.15, 0.2) is 0 Å². The van der Waals surface area contributed by atoms with Crippen LogP contribution in [-0.4, -0.2) is 83.7 Å². The molecule has 0 aliphatic carbocycles. The minimum absolute atomic E-state index is 0.0146. The number of primary amides is 1. The molecule has 0 aliphatic heterocycles. The first-order valence-corrected chi connectivity index (χ1v) is 12.2. The Hall–Kier alpha value is -2.53. The van der Waals surface area contributed by atoms with Crippen LogP contribution in [0, 0.1) is 6.92 Å². The molecule has 3 amide bonds. The highest BCUT2D eigenvalue weighted by Gasteiger charge is 2.03. The number of aryl methyl sites for hydroxylation is 2. The van der Waals surface area contributed by atoms with Gasteiger partial charge in [-0.3, -0.25) is 14.4 Å². The monoisotopic (exact) mass is 497 g/mol. The van der Waals surface area contributed by atoms with Crippen LogP contribution in [0.5, 0.6) is 0 Å². The second-order valence-corrected chi connectivity index (χ2v) is 7.34. The Balaban J connectivity index is 0.00000562. The summed E-state index contributed by atoms with van der Waals surface area (Å²) in [5.74, 6) is -0.762. The Bertz CT molecular complexity index is 684. The molecule has 1 rings (SSSR count). The van der Waals surface area contributed by atoms with Crippen molar-refractivity contribution in [1.82, 2.24) is 10.6 Å². The maximum Gasteiger partial charge on any atom is 0.246 e. The number of hydrogen-bond acceptors (Lipinski definition) is 7. The molecule has 0 unspecified atom stereocenters. The van der Waals surface area contributed by atoms with Crippen molar-refractivity contribution in [2.24, 2.45) is 5.73 Å². The van der Waals surface area contributed by atoms with Gasteiger partial charge in [-0.05, 0) is 25.3 Å². The largest absolute Gasteiger partial charge is 0.377 e. The average Bonchev–Trinajstić information content (AvgIpc) is 2.84. The van der Waals surface area contributed by atoms with Crippen molar-refractivity contribution in [3.8, 4) is 0 Å². The van der Waals surface area contributed by atoms with Crippen molar-refractivity contribution >= 4 is 17.7 Å². The van der Waals surface area contributed by atoms with E-state index in [4.69, 9.17) is 24.7 Å². The summed E-state index contributed by atoms with van der Waals surface area (Å²) >= 11 is 0. The number of amides is 3. The molecule has 0 spiro atoms. The van der Waals surface area contributed by atoms with Crippen molar-refractivity contribution < 1.29 is 33.3 Å². The van der Waals surface area contributed by atoms with Gasteiger partial charge in [-0.2, -0.15) is 0 Å². The lowest BCUT2D eigenvalue weighted by Crippen LogP contribution is -2.31. The van der Waals surface area contributed by atoms with Gasteiger partial charge in [0.05, 0.1) is 39.6 Å². The molecule has 35 heavy (non-hydrogen) atoms. The van der Waals surface area contributed by atoms with E-state index in [1.54, 1.807) is 0 Å². The van der Waals surface area contributed by atoms with Crippen LogP contribution in [0.1, 0.15) is 37.8 Å². The number of hydrogen-bond donors (Lipinski definition) is 3. The van der Waals surface area contributed by atoms with Crippen LogP contribution >= 0.6 is 0 Å². The minimum Gasteiger partial charge on any atom is -0.377 e. The lowest BCUT2D eigenvalue weighted by Gasteiger charge is -2.08. The Morgan fingerprint density at radius 3 is 1.83 bits per heavy atom.